The van der Waals surface area contributed by atoms with Crippen molar-refractivity contribution in [2.45, 2.75) is 13.3 Å². The van der Waals surface area contributed by atoms with E-state index in [1.807, 2.05) is 19.1 Å². The fourth-order valence-corrected chi connectivity index (χ4v) is 2.87. The van der Waals surface area contributed by atoms with Crippen molar-refractivity contribution in [2.24, 2.45) is 23.7 Å². The lowest BCUT2D eigenvalue weighted by Crippen LogP contribution is -2.40. The highest BCUT2D eigenvalue weighted by Crippen LogP contribution is 2.48. The molecule has 2 N–H and O–H groups in total. The van der Waals surface area contributed by atoms with Crippen LogP contribution in [0.5, 0.6) is 0 Å². The monoisotopic (exact) mass is 235 g/mol. The minimum Gasteiger partial charge on any atom is -0.481 e. The number of allylic oxidation sites excluding steroid dienone is 2. The normalized spacial score (nSPS) is 33.7. The van der Waals surface area contributed by atoms with E-state index in [0.717, 1.165) is 12.0 Å². The zero-order valence-corrected chi connectivity index (χ0v) is 9.85. The molecule has 0 aliphatic heterocycles. The lowest BCUT2D eigenvalue weighted by molar-refractivity contribution is -0.147. The van der Waals surface area contributed by atoms with Crippen LogP contribution in [0, 0.1) is 23.7 Å². The Balaban J connectivity index is 2.08. The summed E-state index contributed by atoms with van der Waals surface area (Å²) >= 11 is 0. The zero-order chi connectivity index (χ0) is 12.6. The average molecular weight is 235 g/mol. The highest BCUT2D eigenvalue weighted by molar-refractivity contribution is 5.86. The molecule has 2 aliphatic carbocycles. The molecule has 0 aromatic rings. The fourth-order valence-electron chi connectivity index (χ4n) is 2.87. The van der Waals surface area contributed by atoms with Crippen LogP contribution in [0.1, 0.15) is 13.3 Å². The number of nitrogens with one attached hydrogen (secondary N) is 1. The summed E-state index contributed by atoms with van der Waals surface area (Å²) in [5, 5.41) is 12.0. The third-order valence-electron chi connectivity index (χ3n) is 3.61. The minimum atomic E-state index is -0.864. The molecule has 0 aromatic carbocycles. The molecule has 4 atom stereocenters. The van der Waals surface area contributed by atoms with Crippen molar-refractivity contribution in [2.75, 3.05) is 6.54 Å². The molecule has 0 saturated heterocycles. The molecule has 4 nitrogen and oxygen atoms in total. The van der Waals surface area contributed by atoms with Crippen molar-refractivity contribution in [1.29, 1.82) is 0 Å². The van der Waals surface area contributed by atoms with Crippen molar-refractivity contribution in [3.8, 4) is 0 Å². The predicted molar refractivity (Wildman–Crippen MR) is 63.2 cm³/mol. The molecule has 17 heavy (non-hydrogen) atoms. The lowest BCUT2D eigenvalue weighted by atomic mass is 9.82. The fraction of sp³-hybridized carbons (Fsp3) is 0.538. The third-order valence-corrected chi connectivity index (χ3v) is 3.61. The van der Waals surface area contributed by atoms with Crippen LogP contribution in [0.4, 0.5) is 0 Å². The summed E-state index contributed by atoms with van der Waals surface area (Å²) in [5.41, 5.74) is 0.865. The Hall–Kier alpha value is -1.58. The van der Waals surface area contributed by atoms with Gasteiger partial charge in [0.15, 0.2) is 0 Å². The molecule has 1 fully saturated rings. The highest BCUT2D eigenvalue weighted by Gasteiger charge is 2.51. The number of hydrogen-bond acceptors (Lipinski definition) is 2. The van der Waals surface area contributed by atoms with E-state index in [1.165, 1.54) is 0 Å². The molecular formula is C13H17NO3. The summed E-state index contributed by atoms with van der Waals surface area (Å²) in [5.74, 6) is -1.88. The molecule has 0 aromatic heterocycles. The van der Waals surface area contributed by atoms with Crippen LogP contribution in [0.3, 0.4) is 0 Å². The second kappa shape index (κ2) is 4.35. The molecule has 92 valence electrons. The number of carboxylic acids is 1. The molecule has 0 radical (unpaired) electrons. The molecule has 1 amide bonds. The predicted octanol–water partition coefficient (Wildman–Crippen LogP) is 1.20. The topological polar surface area (TPSA) is 66.4 Å². The van der Waals surface area contributed by atoms with Gasteiger partial charge in [-0.1, -0.05) is 24.3 Å². The Morgan fingerprint density at radius 1 is 1.35 bits per heavy atom. The quantitative estimate of drug-likeness (QED) is 0.719. The average Bonchev–Trinajstić information content (AvgIpc) is 2.84. The van der Waals surface area contributed by atoms with Gasteiger partial charge in [-0.25, -0.2) is 0 Å². The summed E-state index contributed by atoms with van der Waals surface area (Å²) in [6, 6.07) is 0. The SMILES string of the molecule is C=C(C)CNC(=O)[C@H]1C2C=CC(C2)[C@H]1C(=O)O. The first-order valence-electron chi connectivity index (χ1n) is 5.84. The largest absolute Gasteiger partial charge is 0.481 e. The molecule has 4 heteroatoms. The van der Waals surface area contributed by atoms with E-state index in [1.54, 1.807) is 0 Å². The Morgan fingerprint density at radius 2 is 1.94 bits per heavy atom. The van der Waals surface area contributed by atoms with Crippen LogP contribution in [-0.2, 0) is 9.59 Å². The number of hydrogen-bond donors (Lipinski definition) is 2. The van der Waals surface area contributed by atoms with Gasteiger partial charge in [0.2, 0.25) is 5.91 Å². The van der Waals surface area contributed by atoms with Crippen LogP contribution in [-0.4, -0.2) is 23.5 Å². The second-order valence-electron chi connectivity index (χ2n) is 5.01. The number of aliphatic carboxylic acids is 1. The maximum Gasteiger partial charge on any atom is 0.307 e. The van der Waals surface area contributed by atoms with Gasteiger partial charge in [0.05, 0.1) is 11.8 Å². The lowest BCUT2D eigenvalue weighted by Gasteiger charge is -2.23. The van der Waals surface area contributed by atoms with Gasteiger partial charge in [0.1, 0.15) is 0 Å². The highest BCUT2D eigenvalue weighted by atomic mass is 16.4. The standard InChI is InChI=1S/C13H17NO3/c1-7(2)6-14-12(15)10-8-3-4-9(5-8)11(10)13(16)17/h3-4,8-11H,1,5-6H2,2H3,(H,14,15)(H,16,17)/t8?,9?,10-,11+/m0/s1. The molecular weight excluding hydrogens is 218 g/mol. The van der Waals surface area contributed by atoms with E-state index in [0.29, 0.717) is 6.54 Å². The Bertz CT molecular complexity index is 399. The van der Waals surface area contributed by atoms with Gasteiger partial charge in [-0.3, -0.25) is 9.59 Å². The summed E-state index contributed by atoms with van der Waals surface area (Å²) in [6.45, 7) is 5.96. The van der Waals surface area contributed by atoms with Gasteiger partial charge in [-0.2, -0.15) is 0 Å². The van der Waals surface area contributed by atoms with Crippen LogP contribution < -0.4 is 5.32 Å². The smallest absolute Gasteiger partial charge is 0.307 e. The Kier molecular flexibility index (Phi) is 3.05. The van der Waals surface area contributed by atoms with Gasteiger partial charge >= 0.3 is 5.97 Å². The van der Waals surface area contributed by atoms with Crippen LogP contribution in [0.25, 0.3) is 0 Å². The van der Waals surface area contributed by atoms with E-state index in [4.69, 9.17) is 0 Å². The number of amides is 1. The van der Waals surface area contributed by atoms with Gasteiger partial charge in [-0.05, 0) is 25.2 Å². The van der Waals surface area contributed by atoms with E-state index < -0.39 is 17.8 Å². The van der Waals surface area contributed by atoms with E-state index in [9.17, 15) is 14.7 Å². The Morgan fingerprint density at radius 3 is 2.47 bits per heavy atom. The summed E-state index contributed by atoms with van der Waals surface area (Å²) in [6.07, 6.45) is 4.71. The number of carbonyl (C=O) groups excluding carboxylic acids is 1. The maximum absolute atomic E-state index is 12.0. The van der Waals surface area contributed by atoms with Crippen molar-refractivity contribution in [3.63, 3.8) is 0 Å². The van der Waals surface area contributed by atoms with E-state index in [-0.39, 0.29) is 17.7 Å². The van der Waals surface area contributed by atoms with Crippen LogP contribution in [0.15, 0.2) is 24.3 Å². The van der Waals surface area contributed by atoms with Gasteiger partial charge in [-0.15, -0.1) is 0 Å². The van der Waals surface area contributed by atoms with Crippen molar-refractivity contribution >= 4 is 11.9 Å². The van der Waals surface area contributed by atoms with E-state index >= 15 is 0 Å². The molecule has 2 rings (SSSR count). The molecule has 0 heterocycles. The first kappa shape index (κ1) is 11.9. The van der Waals surface area contributed by atoms with E-state index in [2.05, 4.69) is 11.9 Å². The first-order valence-corrected chi connectivity index (χ1v) is 5.84. The molecule has 1 saturated carbocycles. The van der Waals surface area contributed by atoms with Crippen molar-refractivity contribution in [3.05, 3.63) is 24.3 Å². The maximum atomic E-state index is 12.0. The first-order chi connectivity index (χ1) is 8.00. The van der Waals surface area contributed by atoms with Gasteiger partial charge in [0.25, 0.3) is 0 Å². The molecule has 2 aliphatic rings. The summed E-state index contributed by atoms with van der Waals surface area (Å²) in [7, 11) is 0. The van der Waals surface area contributed by atoms with Gasteiger partial charge in [0, 0.05) is 6.54 Å². The molecule has 0 spiro atoms. The molecule has 2 bridgehead atoms. The van der Waals surface area contributed by atoms with Crippen LogP contribution in [0.2, 0.25) is 0 Å². The number of rotatable bonds is 4. The second-order valence-corrected chi connectivity index (χ2v) is 5.01. The van der Waals surface area contributed by atoms with Crippen LogP contribution >= 0.6 is 0 Å². The van der Waals surface area contributed by atoms with Gasteiger partial charge < -0.3 is 10.4 Å². The number of carbonyl (C=O) groups is 2. The summed E-state index contributed by atoms with van der Waals surface area (Å²) in [4.78, 5) is 23.2. The Labute approximate surface area is 100 Å². The van der Waals surface area contributed by atoms with Crippen molar-refractivity contribution in [1.82, 2.24) is 5.32 Å². The molecule has 2 unspecified atom stereocenters. The number of fused-ring (bicyclic) bond motifs is 2. The number of carboxylic acid groups (broad SMARTS) is 1. The summed E-state index contributed by atoms with van der Waals surface area (Å²) < 4.78 is 0. The minimum absolute atomic E-state index is 0.0260. The third kappa shape index (κ3) is 2.12. The van der Waals surface area contributed by atoms with Crippen molar-refractivity contribution < 1.29 is 14.7 Å². The zero-order valence-electron chi connectivity index (χ0n) is 9.85.